The van der Waals surface area contributed by atoms with Gasteiger partial charge in [0.15, 0.2) is 0 Å². The van der Waals surface area contributed by atoms with Crippen LogP contribution in [0.25, 0.3) is 0 Å². The fraction of sp³-hybridized carbons (Fsp3) is 0.727. The molecule has 2 unspecified atom stereocenters. The molecule has 2 atom stereocenters. The van der Waals surface area contributed by atoms with Crippen molar-refractivity contribution in [3.05, 3.63) is 118 Å². The van der Waals surface area contributed by atoms with Gasteiger partial charge in [0.25, 0.3) is 0 Å². The standard InChI is InChI=1S/3C18H33P.2C11H22O2.2C7H6.C6H2.3CH3.2ClH.2Ru.3H2/c3*1-4-10-16(11-5-1)19(17-12-6-2-7-13-17)18-14-8-3-9-15-18;2*1-10(2,3)8(12)7-9(13)11(4,5)6;2*1-7-5-3-2-4-6-7;1-3-5-6-4-2;;;;;;;;;;/h3*16-18H,1-15H2;2*7-8,12-13H,1-6H3;2*1-6H;1-2H;3*1H3;2*1H;;;3*1H/q;;;;;;;;3*-1;;;+1;+2;;;/p-2. The molecule has 9 saturated carbocycles. The molecule has 4 nitrogen and oxygen atoms in total. The van der Waals surface area contributed by atoms with Gasteiger partial charge < -0.3 is 42.7 Å². The normalized spacial score (nSPS) is 20.8. The average molecular weight is 1790 g/mol. The van der Waals surface area contributed by atoms with Crippen molar-refractivity contribution >= 4 is 52.4 Å². The molecule has 0 radical (unpaired) electrons. The van der Waals surface area contributed by atoms with Crippen molar-refractivity contribution in [1.82, 2.24) is 0 Å². The third kappa shape index (κ3) is 44.7. The Labute approximate surface area is 713 Å². The molecule has 0 bridgehead atoms. The van der Waals surface area contributed by atoms with Gasteiger partial charge in [0.1, 0.15) is 0 Å². The van der Waals surface area contributed by atoms with Gasteiger partial charge in [-0.25, -0.2) is 0 Å². The van der Waals surface area contributed by atoms with Crippen LogP contribution in [0, 0.1) is 80.5 Å². The number of aliphatic hydroxyl groups excluding tert-OH is 4. The van der Waals surface area contributed by atoms with Crippen molar-refractivity contribution < 1.29 is 56.1 Å². The average Bonchev–Trinajstić information content (AvgIpc) is 0.824. The van der Waals surface area contributed by atoms with Gasteiger partial charge in [-0.2, -0.15) is 0 Å². The second-order valence-electron chi connectivity index (χ2n) is 37.0. The number of halogens is 2. The summed E-state index contributed by atoms with van der Waals surface area (Å²) >= 11 is 0.868. The monoisotopic (exact) mass is 1790 g/mol. The van der Waals surface area contributed by atoms with Crippen LogP contribution in [0.5, 0.6) is 0 Å². The number of aliphatic hydroxyl groups is 4. The molecule has 0 aliphatic heterocycles. The van der Waals surface area contributed by atoms with Crippen LogP contribution in [-0.2, 0) is 31.4 Å². The van der Waals surface area contributed by atoms with Crippen molar-refractivity contribution in [2.75, 3.05) is 0 Å². The SMILES string of the molecule is C#CC#CC#C.C1CCC(P(C2CCCCC2)C2CCCCC2)CC1.C1CCC(P(C2CCCCC2)C2CCCCC2)CC1.C1CCC(P(C2CCCCC2)C2CCCCC2)CC1.CC(C)(C)C(O)=CC(O)C(C)(C)C.CC(C)(C)C(O)=CC(O)C(C)(C)C.[CH3-].[CH3-].[CH3-].[Cl][Ru]([Cl])=[CH]c1ccccc1.[HH].[HH].[HH].[Ru+]=[CH]c1ccccc1. The van der Waals surface area contributed by atoms with E-state index in [1.54, 1.807) is 231 Å². The number of rotatable bonds is 13. The van der Waals surface area contributed by atoms with Crippen molar-refractivity contribution in [1.29, 1.82) is 0 Å². The van der Waals surface area contributed by atoms with Crippen molar-refractivity contribution in [2.24, 2.45) is 21.7 Å². The molecule has 2 aromatic rings. The van der Waals surface area contributed by atoms with Crippen LogP contribution in [0.2, 0.25) is 0 Å². The molecule has 0 heterocycles. The summed E-state index contributed by atoms with van der Waals surface area (Å²) in [5.41, 5.74) is 12.1. The number of allylic oxidation sites excluding steroid dienone is 2. The molecule has 11 heteroatoms. The van der Waals surface area contributed by atoms with Gasteiger partial charge in [-0.1, -0.05) is 280 Å². The van der Waals surface area contributed by atoms with Crippen LogP contribution in [0.3, 0.4) is 0 Å². The Morgan fingerprint density at radius 2 is 0.555 bits per heavy atom. The predicted molar refractivity (Wildman–Crippen MR) is 500 cm³/mol. The van der Waals surface area contributed by atoms with Crippen LogP contribution in [0.4, 0.5) is 0 Å². The number of benzene rings is 2. The molecule has 9 aliphatic carbocycles. The molecule has 0 aromatic heterocycles. The first kappa shape index (κ1) is 107. The van der Waals surface area contributed by atoms with E-state index in [-0.39, 0.29) is 59.7 Å². The Bertz CT molecular complexity index is 2560. The molecule has 0 saturated heterocycles. The van der Waals surface area contributed by atoms with Crippen LogP contribution >= 0.6 is 43.1 Å². The molecule has 639 valence electrons. The van der Waals surface area contributed by atoms with Gasteiger partial charge in [-0.05, 0) is 213 Å². The van der Waals surface area contributed by atoms with E-state index < -0.39 is 25.7 Å². The molecule has 110 heavy (non-hydrogen) atoms. The summed E-state index contributed by atoms with van der Waals surface area (Å²) in [5.74, 6) is 9.10. The fourth-order valence-electron chi connectivity index (χ4n) is 17.6. The molecule has 4 N–H and O–H groups in total. The van der Waals surface area contributed by atoms with E-state index in [4.69, 9.17) is 32.2 Å². The van der Waals surface area contributed by atoms with E-state index in [9.17, 15) is 20.4 Å². The first-order valence-corrected chi connectivity index (χ1v) is 54.5. The van der Waals surface area contributed by atoms with Crippen LogP contribution in [0.1, 0.15) is 387 Å². The first-order valence-electron chi connectivity index (χ1n) is 43.4. The maximum absolute atomic E-state index is 9.68. The second kappa shape index (κ2) is 60.4. The van der Waals surface area contributed by atoms with Gasteiger partial charge >= 0.3 is 132 Å². The van der Waals surface area contributed by atoms with Gasteiger partial charge in [-0.3, -0.25) is 0 Å². The third-order valence-corrected chi connectivity index (χ3v) is 38.7. The van der Waals surface area contributed by atoms with Crippen LogP contribution in [-0.4, -0.2) is 92.8 Å². The Hall–Kier alpha value is -1.02. The van der Waals surface area contributed by atoms with Crippen LogP contribution < -0.4 is 0 Å². The van der Waals surface area contributed by atoms with Crippen molar-refractivity contribution in [3.63, 3.8) is 0 Å². The molecular weight excluding hydrogens is 1620 g/mol. The van der Waals surface area contributed by atoms with Crippen molar-refractivity contribution in [3.8, 4) is 36.5 Å². The minimum atomic E-state index is -1.61. The van der Waals surface area contributed by atoms with E-state index in [0.717, 1.165) is 5.56 Å². The first-order chi connectivity index (χ1) is 51.1. The van der Waals surface area contributed by atoms with E-state index >= 15 is 0 Å². The second-order valence-corrected chi connectivity index (χ2v) is 52.4. The van der Waals surface area contributed by atoms with E-state index in [2.05, 4.69) is 53.7 Å². The van der Waals surface area contributed by atoms with Gasteiger partial charge in [-0.15, -0.1) is 12.8 Å². The quantitative estimate of drug-likeness (QED) is 0.0530. The number of terminal acetylenes is 2. The summed E-state index contributed by atoms with van der Waals surface area (Å²) in [6.45, 7) is 23.1. The third-order valence-electron chi connectivity index (χ3n) is 24.0. The molecular formula is C99H172Cl2O4P3Ru2-2. The van der Waals surface area contributed by atoms with E-state index in [1.165, 1.54) is 126 Å². The summed E-state index contributed by atoms with van der Waals surface area (Å²) in [6, 6.07) is 20.1. The van der Waals surface area contributed by atoms with E-state index in [1.807, 2.05) is 141 Å². The van der Waals surface area contributed by atoms with Gasteiger partial charge in [0, 0.05) is 15.1 Å². The zero-order valence-electron chi connectivity index (χ0n) is 73.0. The maximum atomic E-state index is 9.68. The molecule has 11 rings (SSSR count). The molecule has 0 spiro atoms. The van der Waals surface area contributed by atoms with E-state index in [0.29, 0.717) is 23.8 Å². The van der Waals surface area contributed by atoms with Crippen molar-refractivity contribution in [2.45, 2.75) is 435 Å². The molecule has 9 fully saturated rings. The number of hydrogen-bond acceptors (Lipinski definition) is 4. The molecule has 0 amide bonds. The summed E-state index contributed by atoms with van der Waals surface area (Å²) in [5, 5.41) is 38.6. The van der Waals surface area contributed by atoms with Crippen LogP contribution in [0.15, 0.2) is 84.3 Å². The summed E-state index contributed by atoms with van der Waals surface area (Å²) < 4.78 is 3.94. The minimum absolute atomic E-state index is 0. The van der Waals surface area contributed by atoms with Gasteiger partial charge in [0.05, 0.1) is 23.7 Å². The van der Waals surface area contributed by atoms with Gasteiger partial charge in [0.2, 0.25) is 0 Å². The summed E-state index contributed by atoms with van der Waals surface area (Å²) in [4.78, 5) is 0. The summed E-state index contributed by atoms with van der Waals surface area (Å²) in [6.07, 6.45) is 82.1. The Kier molecular flexibility index (Phi) is 58.8. The Balaban J connectivity index is -0.00000124. The topological polar surface area (TPSA) is 80.9 Å². The zero-order chi connectivity index (χ0) is 78.5. The predicted octanol–water partition coefficient (Wildman–Crippen LogP) is 31.7. The zero-order valence-corrected chi connectivity index (χ0v) is 80.7. The Morgan fingerprint density at radius 1 is 0.373 bits per heavy atom. The number of hydrogen-bond donors (Lipinski definition) is 4. The summed E-state index contributed by atoms with van der Waals surface area (Å²) in [7, 11) is 12.5. The molecule has 9 aliphatic rings. The fourth-order valence-corrected chi connectivity index (χ4v) is 33.8. The Morgan fingerprint density at radius 3 is 0.691 bits per heavy atom. The molecule has 2 aromatic carbocycles.